The van der Waals surface area contributed by atoms with Crippen LogP contribution >= 0.6 is 0 Å². The smallest absolute Gasteiger partial charge is 0.252 e. The maximum Gasteiger partial charge on any atom is 0.252 e. The van der Waals surface area contributed by atoms with Gasteiger partial charge in [0.2, 0.25) is 0 Å². The lowest BCUT2D eigenvalue weighted by Gasteiger charge is -2.34. The molecule has 2 aromatic rings. The molecule has 3 rings (SSSR count). The molecule has 0 aromatic carbocycles. The highest BCUT2D eigenvalue weighted by Crippen LogP contribution is 2.26. The van der Waals surface area contributed by atoms with Gasteiger partial charge in [-0.2, -0.15) is 0 Å². The molecule has 0 saturated carbocycles. The molecule has 0 bridgehead atoms. The first-order valence-electron chi connectivity index (χ1n) is 7.60. The third kappa shape index (κ3) is 3.33. The van der Waals surface area contributed by atoms with E-state index in [9.17, 15) is 4.79 Å². The molecule has 1 fully saturated rings. The Bertz CT molecular complexity index is 614. The summed E-state index contributed by atoms with van der Waals surface area (Å²) < 4.78 is 1.80. The summed E-state index contributed by atoms with van der Waals surface area (Å²) in [6.45, 7) is 4.98. The molecule has 0 spiro atoms. The molecule has 116 valence electrons. The quantitative estimate of drug-likeness (QED) is 0.895. The zero-order valence-electron chi connectivity index (χ0n) is 12.7. The SMILES string of the molecule is CC1(CNC(=O)c2ccc(-n3ccnc3)nc2)CCNCC1. The Morgan fingerprint density at radius 3 is 2.86 bits per heavy atom. The van der Waals surface area contributed by atoms with Crippen LogP contribution in [0.25, 0.3) is 5.82 Å². The number of hydrogen-bond acceptors (Lipinski definition) is 4. The van der Waals surface area contributed by atoms with Gasteiger partial charge < -0.3 is 10.6 Å². The molecule has 1 saturated heterocycles. The summed E-state index contributed by atoms with van der Waals surface area (Å²) in [4.78, 5) is 20.5. The maximum atomic E-state index is 12.2. The summed E-state index contributed by atoms with van der Waals surface area (Å²) in [6.07, 6.45) is 8.98. The van der Waals surface area contributed by atoms with Crippen LogP contribution in [0.3, 0.4) is 0 Å². The van der Waals surface area contributed by atoms with Crippen molar-refractivity contribution in [3.05, 3.63) is 42.6 Å². The fourth-order valence-corrected chi connectivity index (χ4v) is 2.67. The number of carbonyl (C=O) groups excluding carboxylic acids is 1. The van der Waals surface area contributed by atoms with Crippen molar-refractivity contribution in [3.63, 3.8) is 0 Å². The summed E-state index contributed by atoms with van der Waals surface area (Å²) in [5.41, 5.74) is 0.770. The molecule has 2 N–H and O–H groups in total. The average Bonchev–Trinajstić information content (AvgIpc) is 3.08. The molecule has 22 heavy (non-hydrogen) atoms. The van der Waals surface area contributed by atoms with Crippen LogP contribution in [-0.2, 0) is 0 Å². The number of piperidine rings is 1. The van der Waals surface area contributed by atoms with Crippen molar-refractivity contribution in [2.75, 3.05) is 19.6 Å². The fourth-order valence-electron chi connectivity index (χ4n) is 2.67. The molecular formula is C16H21N5O. The molecule has 6 nitrogen and oxygen atoms in total. The number of rotatable bonds is 4. The number of amides is 1. The van der Waals surface area contributed by atoms with Crippen LogP contribution in [0, 0.1) is 5.41 Å². The number of imidazole rings is 1. The highest BCUT2D eigenvalue weighted by molar-refractivity contribution is 5.93. The Labute approximate surface area is 130 Å². The predicted octanol–water partition coefficient (Wildman–Crippen LogP) is 1.39. The Kier molecular flexibility index (Phi) is 4.20. The zero-order valence-corrected chi connectivity index (χ0v) is 12.7. The van der Waals surface area contributed by atoms with Gasteiger partial charge in [-0.05, 0) is 43.5 Å². The van der Waals surface area contributed by atoms with E-state index in [0.717, 1.165) is 31.7 Å². The number of pyridine rings is 1. The monoisotopic (exact) mass is 299 g/mol. The standard InChI is InChI=1S/C16H21N5O/c1-16(4-6-17-7-5-16)11-20-15(22)13-2-3-14(19-10-13)21-9-8-18-12-21/h2-3,8-10,12,17H,4-7,11H2,1H3,(H,20,22). The number of carbonyl (C=O) groups is 1. The van der Waals surface area contributed by atoms with Gasteiger partial charge in [0.05, 0.1) is 5.56 Å². The first-order chi connectivity index (χ1) is 10.7. The fraction of sp³-hybridized carbons (Fsp3) is 0.438. The number of nitrogens with one attached hydrogen (secondary N) is 2. The van der Waals surface area contributed by atoms with E-state index < -0.39 is 0 Å². The van der Waals surface area contributed by atoms with Crippen molar-refractivity contribution in [2.45, 2.75) is 19.8 Å². The second-order valence-electron chi connectivity index (χ2n) is 6.12. The lowest BCUT2D eigenvalue weighted by atomic mass is 9.81. The van der Waals surface area contributed by atoms with Crippen LogP contribution in [-0.4, -0.2) is 40.1 Å². The van der Waals surface area contributed by atoms with Gasteiger partial charge in [0, 0.05) is 25.1 Å². The molecular weight excluding hydrogens is 278 g/mol. The Morgan fingerprint density at radius 1 is 1.41 bits per heavy atom. The van der Waals surface area contributed by atoms with Crippen LogP contribution < -0.4 is 10.6 Å². The zero-order chi connectivity index (χ0) is 15.4. The van der Waals surface area contributed by atoms with Gasteiger partial charge in [0.25, 0.3) is 5.91 Å². The van der Waals surface area contributed by atoms with Crippen LogP contribution in [0.2, 0.25) is 0 Å². The largest absolute Gasteiger partial charge is 0.351 e. The average molecular weight is 299 g/mol. The van der Waals surface area contributed by atoms with Crippen molar-refractivity contribution < 1.29 is 4.79 Å². The van der Waals surface area contributed by atoms with Gasteiger partial charge >= 0.3 is 0 Å². The van der Waals surface area contributed by atoms with Crippen LogP contribution in [0.1, 0.15) is 30.1 Å². The van der Waals surface area contributed by atoms with Crippen molar-refractivity contribution >= 4 is 5.91 Å². The van der Waals surface area contributed by atoms with Gasteiger partial charge in [-0.3, -0.25) is 9.36 Å². The number of hydrogen-bond donors (Lipinski definition) is 2. The van der Waals surface area contributed by atoms with Crippen LogP contribution in [0.15, 0.2) is 37.1 Å². The van der Waals surface area contributed by atoms with E-state index in [1.807, 2.05) is 12.3 Å². The van der Waals surface area contributed by atoms with Gasteiger partial charge in [-0.15, -0.1) is 0 Å². The van der Waals surface area contributed by atoms with Crippen molar-refractivity contribution in [2.24, 2.45) is 5.41 Å². The minimum absolute atomic E-state index is 0.0653. The highest BCUT2D eigenvalue weighted by Gasteiger charge is 2.27. The molecule has 0 radical (unpaired) electrons. The van der Waals surface area contributed by atoms with Gasteiger partial charge in [0.1, 0.15) is 12.1 Å². The number of aromatic nitrogens is 3. The summed E-state index contributed by atoms with van der Waals surface area (Å²) in [7, 11) is 0. The Morgan fingerprint density at radius 2 is 2.23 bits per heavy atom. The molecule has 3 heterocycles. The van der Waals surface area contributed by atoms with Crippen LogP contribution in [0.5, 0.6) is 0 Å². The minimum Gasteiger partial charge on any atom is -0.351 e. The van der Waals surface area contributed by atoms with Crippen molar-refractivity contribution in [1.82, 2.24) is 25.2 Å². The van der Waals surface area contributed by atoms with Gasteiger partial charge in [-0.25, -0.2) is 9.97 Å². The minimum atomic E-state index is -0.0653. The maximum absolute atomic E-state index is 12.2. The normalized spacial score (nSPS) is 17.1. The summed E-state index contributed by atoms with van der Waals surface area (Å²) in [5, 5.41) is 6.39. The van der Waals surface area contributed by atoms with E-state index in [-0.39, 0.29) is 11.3 Å². The summed E-state index contributed by atoms with van der Waals surface area (Å²) >= 11 is 0. The molecule has 1 aliphatic heterocycles. The molecule has 0 atom stereocenters. The number of nitrogens with zero attached hydrogens (tertiary/aromatic N) is 3. The van der Waals surface area contributed by atoms with Crippen molar-refractivity contribution in [1.29, 1.82) is 0 Å². The molecule has 1 aliphatic rings. The first-order valence-corrected chi connectivity index (χ1v) is 7.60. The predicted molar refractivity (Wildman–Crippen MR) is 83.9 cm³/mol. The molecule has 1 amide bonds. The molecule has 0 unspecified atom stereocenters. The second kappa shape index (κ2) is 6.27. The van der Waals surface area contributed by atoms with Gasteiger partial charge in [-0.1, -0.05) is 6.92 Å². The summed E-state index contributed by atoms with van der Waals surface area (Å²) in [5.74, 6) is 0.684. The van der Waals surface area contributed by atoms with E-state index in [4.69, 9.17) is 0 Å². The molecule has 2 aromatic heterocycles. The van der Waals surface area contributed by atoms with Crippen LogP contribution in [0.4, 0.5) is 0 Å². The third-order valence-corrected chi connectivity index (χ3v) is 4.27. The third-order valence-electron chi connectivity index (χ3n) is 4.27. The summed E-state index contributed by atoms with van der Waals surface area (Å²) in [6, 6.07) is 3.62. The van der Waals surface area contributed by atoms with E-state index in [0.29, 0.717) is 12.1 Å². The lowest BCUT2D eigenvalue weighted by Crippen LogP contribution is -2.42. The topological polar surface area (TPSA) is 71.8 Å². The highest BCUT2D eigenvalue weighted by atomic mass is 16.1. The Hall–Kier alpha value is -2.21. The van der Waals surface area contributed by atoms with Crippen molar-refractivity contribution in [3.8, 4) is 5.82 Å². The lowest BCUT2D eigenvalue weighted by molar-refractivity contribution is 0.0922. The Balaban J connectivity index is 1.60. The van der Waals surface area contributed by atoms with E-state index in [2.05, 4.69) is 27.5 Å². The van der Waals surface area contributed by atoms with E-state index in [1.165, 1.54) is 0 Å². The molecule has 6 heteroatoms. The molecule has 0 aliphatic carbocycles. The van der Waals surface area contributed by atoms with Gasteiger partial charge in [0.15, 0.2) is 0 Å². The van der Waals surface area contributed by atoms with E-state index in [1.54, 1.807) is 29.4 Å². The second-order valence-corrected chi connectivity index (χ2v) is 6.12. The van der Waals surface area contributed by atoms with E-state index >= 15 is 0 Å². The first kappa shape index (κ1) is 14.7.